The van der Waals surface area contributed by atoms with Gasteiger partial charge in [-0.05, 0) is 18.2 Å². The summed E-state index contributed by atoms with van der Waals surface area (Å²) in [5.74, 6) is -2.31. The number of rotatable bonds is 6. The van der Waals surface area contributed by atoms with E-state index < -0.39 is 30.2 Å². The highest BCUT2D eigenvalue weighted by Crippen LogP contribution is 2.27. The number of nitrogens with one attached hydrogen (secondary N) is 1. The van der Waals surface area contributed by atoms with E-state index in [0.29, 0.717) is 10.0 Å². The van der Waals surface area contributed by atoms with Crippen LogP contribution in [0.25, 0.3) is 10.6 Å². The fraction of sp³-hybridized carbons (Fsp3) is 0.105. The van der Waals surface area contributed by atoms with Gasteiger partial charge in [-0.3, -0.25) is 9.59 Å². The van der Waals surface area contributed by atoms with Crippen molar-refractivity contribution < 1.29 is 19.1 Å². The number of carbonyl (C=O) groups is 2. The minimum Gasteiger partial charge on any atom is -0.481 e. The van der Waals surface area contributed by atoms with E-state index in [2.05, 4.69) is 10.3 Å². The van der Waals surface area contributed by atoms with Crippen LogP contribution in [0.4, 0.5) is 4.39 Å². The van der Waals surface area contributed by atoms with Gasteiger partial charge in [0.1, 0.15) is 16.5 Å². The fourth-order valence-corrected chi connectivity index (χ4v) is 3.52. The van der Waals surface area contributed by atoms with Crippen molar-refractivity contribution in [3.05, 3.63) is 76.0 Å². The highest BCUT2D eigenvalue weighted by molar-refractivity contribution is 7.13. The molecule has 0 saturated heterocycles. The number of thiazole rings is 1. The van der Waals surface area contributed by atoms with Gasteiger partial charge in [-0.25, -0.2) is 9.37 Å². The van der Waals surface area contributed by atoms with Gasteiger partial charge in [0.05, 0.1) is 12.5 Å². The first-order valence-electron chi connectivity index (χ1n) is 7.92. The third kappa shape index (κ3) is 4.69. The lowest BCUT2D eigenvalue weighted by molar-refractivity contribution is -0.137. The molecule has 1 unspecified atom stereocenters. The summed E-state index contributed by atoms with van der Waals surface area (Å²) in [7, 11) is 0. The minimum absolute atomic E-state index is 0.110. The molecule has 0 saturated carbocycles. The van der Waals surface area contributed by atoms with Crippen molar-refractivity contribution in [3.63, 3.8) is 0 Å². The molecular weight excluding hydrogens is 391 g/mol. The minimum atomic E-state index is -1.15. The zero-order valence-corrected chi connectivity index (χ0v) is 15.4. The van der Waals surface area contributed by atoms with Crippen molar-refractivity contribution in [3.8, 4) is 10.6 Å². The molecule has 0 aliphatic rings. The summed E-state index contributed by atoms with van der Waals surface area (Å²) in [6.07, 6.45) is -0.446. The third-order valence-electron chi connectivity index (χ3n) is 3.77. The molecule has 5 nitrogen and oxygen atoms in total. The molecule has 8 heteroatoms. The van der Waals surface area contributed by atoms with Crippen LogP contribution >= 0.6 is 22.9 Å². The van der Waals surface area contributed by atoms with Gasteiger partial charge >= 0.3 is 5.97 Å². The number of halogens is 2. The normalized spacial score (nSPS) is 11.8. The Morgan fingerprint density at radius 2 is 2.00 bits per heavy atom. The fourth-order valence-electron chi connectivity index (χ4n) is 2.54. The lowest BCUT2D eigenvalue weighted by Gasteiger charge is -2.17. The topological polar surface area (TPSA) is 79.3 Å². The van der Waals surface area contributed by atoms with E-state index in [4.69, 9.17) is 16.7 Å². The molecule has 3 rings (SSSR count). The maximum atomic E-state index is 14.0. The second kappa shape index (κ2) is 8.28. The zero-order chi connectivity index (χ0) is 19.4. The maximum absolute atomic E-state index is 14.0. The van der Waals surface area contributed by atoms with Gasteiger partial charge in [-0.1, -0.05) is 41.9 Å². The van der Waals surface area contributed by atoms with E-state index in [1.165, 1.54) is 29.5 Å². The second-order valence-electron chi connectivity index (χ2n) is 5.69. The lowest BCUT2D eigenvalue weighted by atomic mass is 10.0. The van der Waals surface area contributed by atoms with Gasteiger partial charge in [0.15, 0.2) is 0 Å². The predicted molar refractivity (Wildman–Crippen MR) is 101 cm³/mol. The van der Waals surface area contributed by atoms with E-state index in [1.807, 2.05) is 6.07 Å². The van der Waals surface area contributed by atoms with Gasteiger partial charge in [0.2, 0.25) is 0 Å². The van der Waals surface area contributed by atoms with Gasteiger partial charge in [0, 0.05) is 21.5 Å². The molecular formula is C19H14ClFN2O3S. The number of carbonyl (C=O) groups excluding carboxylic acids is 1. The standard InChI is InChI=1S/C19H14ClFN2O3S/c20-12-5-3-4-11(8-12)19-23-16(10-27-19)18(26)22-15(9-17(24)25)13-6-1-2-7-14(13)21/h1-8,10,15H,9H2,(H,22,26)(H,24,25). The summed E-state index contributed by atoms with van der Waals surface area (Å²) in [5.41, 5.74) is 1.00. The third-order valence-corrected chi connectivity index (χ3v) is 4.90. The van der Waals surface area contributed by atoms with Crippen molar-refractivity contribution in [1.29, 1.82) is 0 Å². The van der Waals surface area contributed by atoms with Crippen LogP contribution in [0.1, 0.15) is 28.5 Å². The van der Waals surface area contributed by atoms with Crippen LogP contribution in [0, 0.1) is 5.82 Å². The van der Waals surface area contributed by atoms with Crippen molar-refractivity contribution in [2.45, 2.75) is 12.5 Å². The zero-order valence-electron chi connectivity index (χ0n) is 13.9. The molecule has 138 valence electrons. The lowest BCUT2D eigenvalue weighted by Crippen LogP contribution is -2.31. The van der Waals surface area contributed by atoms with E-state index in [9.17, 15) is 14.0 Å². The summed E-state index contributed by atoms with van der Waals surface area (Å²) < 4.78 is 14.0. The van der Waals surface area contributed by atoms with Crippen molar-refractivity contribution >= 4 is 34.8 Å². The summed E-state index contributed by atoms with van der Waals surface area (Å²) in [6.45, 7) is 0. The highest BCUT2D eigenvalue weighted by Gasteiger charge is 2.23. The Morgan fingerprint density at radius 1 is 1.22 bits per heavy atom. The number of benzene rings is 2. The Balaban J connectivity index is 1.82. The Kier molecular flexibility index (Phi) is 5.83. The van der Waals surface area contributed by atoms with Crippen LogP contribution in [0.3, 0.4) is 0 Å². The first kappa shape index (κ1) is 19.0. The van der Waals surface area contributed by atoms with Gasteiger partial charge in [-0.2, -0.15) is 0 Å². The van der Waals surface area contributed by atoms with Crippen LogP contribution in [-0.2, 0) is 4.79 Å². The molecule has 0 fully saturated rings. The Morgan fingerprint density at radius 3 is 2.70 bits per heavy atom. The molecule has 1 amide bonds. The molecule has 0 aliphatic carbocycles. The number of aromatic nitrogens is 1. The van der Waals surface area contributed by atoms with Crippen molar-refractivity contribution in [1.82, 2.24) is 10.3 Å². The average Bonchev–Trinajstić information content (AvgIpc) is 3.11. The molecule has 2 N–H and O–H groups in total. The van der Waals surface area contributed by atoms with Gasteiger partial charge < -0.3 is 10.4 Å². The molecule has 0 bridgehead atoms. The molecule has 27 heavy (non-hydrogen) atoms. The van der Waals surface area contributed by atoms with E-state index in [-0.39, 0.29) is 11.3 Å². The summed E-state index contributed by atoms with van der Waals surface area (Å²) in [5, 5.41) is 14.4. The van der Waals surface area contributed by atoms with E-state index in [0.717, 1.165) is 5.56 Å². The molecule has 2 aromatic carbocycles. The number of aliphatic carboxylic acids is 1. The molecule has 0 spiro atoms. The predicted octanol–water partition coefficient (Wildman–Crippen LogP) is 4.55. The maximum Gasteiger partial charge on any atom is 0.305 e. The smallest absolute Gasteiger partial charge is 0.305 e. The van der Waals surface area contributed by atoms with Crippen LogP contribution < -0.4 is 5.32 Å². The van der Waals surface area contributed by atoms with Crippen molar-refractivity contribution in [2.24, 2.45) is 0 Å². The van der Waals surface area contributed by atoms with Crippen LogP contribution in [0.5, 0.6) is 0 Å². The molecule has 3 aromatic rings. The number of amides is 1. The van der Waals surface area contributed by atoms with E-state index in [1.54, 1.807) is 29.6 Å². The first-order chi connectivity index (χ1) is 12.9. The van der Waals surface area contributed by atoms with Crippen LogP contribution in [0.15, 0.2) is 53.9 Å². The summed E-state index contributed by atoms with van der Waals surface area (Å²) in [4.78, 5) is 27.9. The van der Waals surface area contributed by atoms with Gasteiger partial charge in [0.25, 0.3) is 5.91 Å². The largest absolute Gasteiger partial charge is 0.481 e. The quantitative estimate of drug-likeness (QED) is 0.631. The first-order valence-corrected chi connectivity index (χ1v) is 9.18. The van der Waals surface area contributed by atoms with Crippen LogP contribution in [-0.4, -0.2) is 22.0 Å². The van der Waals surface area contributed by atoms with E-state index >= 15 is 0 Å². The van der Waals surface area contributed by atoms with Crippen molar-refractivity contribution in [2.75, 3.05) is 0 Å². The Bertz CT molecular complexity index is 992. The average molecular weight is 405 g/mol. The highest BCUT2D eigenvalue weighted by atomic mass is 35.5. The molecule has 1 heterocycles. The SMILES string of the molecule is O=C(O)CC(NC(=O)c1csc(-c2cccc(Cl)c2)n1)c1ccccc1F. The monoisotopic (exact) mass is 404 g/mol. The molecule has 0 aliphatic heterocycles. The number of carboxylic acid groups (broad SMARTS) is 1. The number of carboxylic acids is 1. The van der Waals surface area contributed by atoms with Gasteiger partial charge in [-0.15, -0.1) is 11.3 Å². The number of hydrogen-bond donors (Lipinski definition) is 2. The Labute approximate surface area is 163 Å². The molecule has 1 aromatic heterocycles. The Hall–Kier alpha value is -2.77. The second-order valence-corrected chi connectivity index (χ2v) is 6.99. The van der Waals surface area contributed by atoms with Crippen LogP contribution in [0.2, 0.25) is 5.02 Å². The summed E-state index contributed by atoms with van der Waals surface area (Å²) >= 11 is 7.23. The number of nitrogens with zero attached hydrogens (tertiary/aromatic N) is 1. The number of hydrogen-bond acceptors (Lipinski definition) is 4. The molecule has 1 atom stereocenters. The summed E-state index contributed by atoms with van der Waals surface area (Å²) in [6, 6.07) is 11.8. The molecule has 0 radical (unpaired) electrons.